The highest BCUT2D eigenvalue weighted by Gasteiger charge is 1.75. The molecule has 0 aromatic carbocycles. The van der Waals surface area contributed by atoms with Crippen molar-refractivity contribution in [3.63, 3.8) is 0 Å². The number of aliphatic hydroxyl groups is 1. The summed E-state index contributed by atoms with van der Waals surface area (Å²) >= 11 is 0. The monoisotopic (exact) mass is 85.1 g/mol. The van der Waals surface area contributed by atoms with Crippen molar-refractivity contribution < 1.29 is 5.11 Å². The number of aliphatic hydroxyl groups excluding tert-OH is 1. The Hall–Kier alpha value is -0.300. The van der Waals surface area contributed by atoms with E-state index in [0.717, 1.165) is 12.2 Å². The second-order valence-electron chi connectivity index (χ2n) is 1.16. The number of hydrogen-bond donors (Lipinski definition) is 1. The number of hydrogen-bond acceptors (Lipinski definition) is 1. The maximum Gasteiger partial charge on any atom is 0.104 e. The second-order valence-corrected chi connectivity index (χ2v) is 1.16. The van der Waals surface area contributed by atoms with E-state index in [-0.39, 0.29) is 0 Å². The largest absolute Gasteiger partial charge is 0.386 e. The minimum Gasteiger partial charge on any atom is -0.386 e. The second kappa shape index (κ2) is 2.91. The maximum absolute atomic E-state index is 8.14. The predicted molar refractivity (Wildman–Crippen MR) is 25.7 cm³/mol. The minimum atomic E-state index is 0.898. The first-order valence-corrected chi connectivity index (χ1v) is 1.91. The van der Waals surface area contributed by atoms with Crippen LogP contribution in [0.4, 0.5) is 0 Å². The van der Waals surface area contributed by atoms with Gasteiger partial charge in [0.2, 0.25) is 0 Å². The molecular formula is C5H9O. The average Bonchev–Trinajstić information content (AvgIpc) is 1.65. The summed E-state index contributed by atoms with van der Waals surface area (Å²) in [6.45, 7) is 4.79. The van der Waals surface area contributed by atoms with Crippen LogP contribution >= 0.6 is 0 Å². The molecule has 0 aromatic heterocycles. The van der Waals surface area contributed by atoms with E-state index in [0.29, 0.717) is 0 Å². The van der Waals surface area contributed by atoms with Gasteiger partial charge >= 0.3 is 0 Å². The van der Waals surface area contributed by atoms with Crippen LogP contribution in [0.25, 0.3) is 0 Å². The zero-order valence-corrected chi connectivity index (χ0v) is 4.10. The molecule has 0 aliphatic rings. The summed E-state index contributed by atoms with van der Waals surface area (Å²) in [5.41, 5.74) is 0.898. The Morgan fingerprint density at radius 1 is 1.67 bits per heavy atom. The van der Waals surface area contributed by atoms with Crippen molar-refractivity contribution in [3.05, 3.63) is 18.3 Å². The lowest BCUT2D eigenvalue weighted by atomic mass is 10.3. The molecule has 1 radical (unpaired) electrons. The lowest BCUT2D eigenvalue weighted by molar-refractivity contribution is 0.411. The third-order valence-electron chi connectivity index (χ3n) is 0.659. The van der Waals surface area contributed by atoms with Gasteiger partial charge < -0.3 is 5.11 Å². The van der Waals surface area contributed by atoms with Gasteiger partial charge in [0, 0.05) is 0 Å². The Morgan fingerprint density at radius 3 is 2.17 bits per heavy atom. The molecule has 0 saturated carbocycles. The Bertz CT molecular complexity index is 55.0. The van der Waals surface area contributed by atoms with Crippen LogP contribution in [0.1, 0.15) is 13.8 Å². The van der Waals surface area contributed by atoms with Crippen molar-refractivity contribution in [2.75, 3.05) is 0 Å². The van der Waals surface area contributed by atoms with Gasteiger partial charge in [-0.25, -0.2) is 0 Å². The summed E-state index contributed by atoms with van der Waals surface area (Å²) in [4.78, 5) is 0. The first-order valence-electron chi connectivity index (χ1n) is 1.91. The standard InChI is InChI=1S/C5H9O/c1-3-5(2)4-6/h3-4,6H,1-2H3. The summed E-state index contributed by atoms with van der Waals surface area (Å²) < 4.78 is 0. The first kappa shape index (κ1) is 5.70. The Balaban J connectivity index is 3.22. The molecule has 1 N–H and O–H groups in total. The van der Waals surface area contributed by atoms with E-state index in [9.17, 15) is 0 Å². The van der Waals surface area contributed by atoms with Crippen LogP contribution in [-0.4, -0.2) is 5.11 Å². The lowest BCUT2D eigenvalue weighted by Crippen LogP contribution is -1.70. The molecular weight excluding hydrogens is 76.1 g/mol. The topological polar surface area (TPSA) is 20.2 Å². The van der Waals surface area contributed by atoms with Gasteiger partial charge in [-0.3, -0.25) is 0 Å². The molecule has 0 heterocycles. The Kier molecular flexibility index (Phi) is 2.77. The molecule has 0 bridgehead atoms. The summed E-state index contributed by atoms with van der Waals surface area (Å²) in [7, 11) is 0. The molecule has 1 heteroatoms. The first-order chi connectivity index (χ1) is 2.81. The average molecular weight is 85.1 g/mol. The molecule has 0 amide bonds. The SMILES string of the molecule is CC=C(C)[CH]O. The number of rotatable bonds is 1. The molecule has 1 nitrogen and oxygen atoms in total. The van der Waals surface area contributed by atoms with E-state index in [2.05, 4.69) is 0 Å². The fraction of sp³-hybridized carbons (Fsp3) is 0.400. The van der Waals surface area contributed by atoms with Crippen LogP contribution in [0.2, 0.25) is 0 Å². The molecule has 0 rings (SSSR count). The van der Waals surface area contributed by atoms with Crippen molar-refractivity contribution >= 4 is 0 Å². The highest BCUT2D eigenvalue weighted by atomic mass is 16.3. The molecule has 0 spiro atoms. The van der Waals surface area contributed by atoms with Crippen LogP contribution in [0.15, 0.2) is 11.6 Å². The van der Waals surface area contributed by atoms with E-state index in [4.69, 9.17) is 5.11 Å². The summed E-state index contributed by atoms with van der Waals surface area (Å²) in [6.07, 6.45) is 1.83. The van der Waals surface area contributed by atoms with Gasteiger partial charge in [-0.15, -0.1) is 0 Å². The molecule has 0 aliphatic carbocycles. The van der Waals surface area contributed by atoms with E-state index in [1.807, 2.05) is 19.9 Å². The van der Waals surface area contributed by atoms with Crippen LogP contribution in [0, 0.1) is 6.61 Å². The van der Waals surface area contributed by atoms with Gasteiger partial charge in [0.25, 0.3) is 0 Å². The van der Waals surface area contributed by atoms with Gasteiger partial charge in [-0.1, -0.05) is 6.08 Å². The normalized spacial score (nSPS) is 12.2. The van der Waals surface area contributed by atoms with Crippen molar-refractivity contribution in [1.29, 1.82) is 0 Å². The quantitative estimate of drug-likeness (QED) is 0.511. The molecule has 0 fully saturated rings. The van der Waals surface area contributed by atoms with E-state index in [1.165, 1.54) is 0 Å². The van der Waals surface area contributed by atoms with Gasteiger partial charge in [-0.2, -0.15) is 0 Å². The molecule has 35 valence electrons. The van der Waals surface area contributed by atoms with Crippen LogP contribution < -0.4 is 0 Å². The minimum absolute atomic E-state index is 0.898. The molecule has 0 atom stereocenters. The molecule has 0 aromatic rings. The van der Waals surface area contributed by atoms with Crippen molar-refractivity contribution in [2.45, 2.75) is 13.8 Å². The van der Waals surface area contributed by atoms with Gasteiger partial charge in [0.05, 0.1) is 0 Å². The summed E-state index contributed by atoms with van der Waals surface area (Å²) in [5, 5.41) is 8.14. The summed E-state index contributed by atoms with van der Waals surface area (Å²) in [5.74, 6) is 0. The fourth-order valence-electron chi connectivity index (χ4n) is 0.0745. The van der Waals surface area contributed by atoms with Crippen molar-refractivity contribution in [2.24, 2.45) is 0 Å². The third kappa shape index (κ3) is 1.97. The van der Waals surface area contributed by atoms with E-state index < -0.39 is 0 Å². The zero-order valence-electron chi connectivity index (χ0n) is 4.10. The fourth-order valence-corrected chi connectivity index (χ4v) is 0.0745. The van der Waals surface area contributed by atoms with Crippen molar-refractivity contribution in [3.8, 4) is 0 Å². The van der Waals surface area contributed by atoms with Crippen LogP contribution in [0.3, 0.4) is 0 Å². The van der Waals surface area contributed by atoms with Gasteiger partial charge in [0.15, 0.2) is 0 Å². The molecule has 0 unspecified atom stereocenters. The van der Waals surface area contributed by atoms with Gasteiger partial charge in [0.1, 0.15) is 6.61 Å². The molecule has 0 saturated heterocycles. The molecule has 6 heavy (non-hydrogen) atoms. The predicted octanol–water partition coefficient (Wildman–Crippen LogP) is 1.49. The van der Waals surface area contributed by atoms with Gasteiger partial charge in [-0.05, 0) is 19.4 Å². The Morgan fingerprint density at radius 2 is 2.17 bits per heavy atom. The third-order valence-corrected chi connectivity index (χ3v) is 0.659. The highest BCUT2D eigenvalue weighted by molar-refractivity contribution is 5.02. The Labute approximate surface area is 38.3 Å². The number of allylic oxidation sites excluding steroid dienone is 1. The summed E-state index contributed by atoms with van der Waals surface area (Å²) in [6, 6.07) is 0. The highest BCUT2D eigenvalue weighted by Crippen LogP contribution is 1.90. The van der Waals surface area contributed by atoms with E-state index in [1.54, 1.807) is 0 Å². The molecule has 0 aliphatic heterocycles. The maximum atomic E-state index is 8.14. The lowest BCUT2D eigenvalue weighted by Gasteiger charge is -1.83. The van der Waals surface area contributed by atoms with Crippen molar-refractivity contribution in [1.82, 2.24) is 0 Å². The van der Waals surface area contributed by atoms with E-state index >= 15 is 0 Å². The van der Waals surface area contributed by atoms with Crippen LogP contribution in [-0.2, 0) is 0 Å². The zero-order chi connectivity index (χ0) is 4.99. The smallest absolute Gasteiger partial charge is 0.104 e. The van der Waals surface area contributed by atoms with Crippen LogP contribution in [0.5, 0.6) is 0 Å².